The number of ether oxygens (including phenoxy) is 2. The molecule has 9 heteroatoms. The standard InChI is InChI=1S/C35H28ClN3O4S/c1-22-31(33(40)38-27-9-4-3-5-10-27)32(25-13-17-28(42-2)18-14-25)39-34(41)30(44-35(39)37-22)20-23-11-15-29(16-12-23)43-21-24-7-6-8-26(36)19-24/h3-20,32H,21H2,1-2H3,(H,38,40)/b30-20+/t32-/m0/s1. The van der Waals surface area contributed by atoms with E-state index in [2.05, 4.69) is 5.32 Å². The number of fused-ring (bicyclic) bond motifs is 1. The van der Waals surface area contributed by atoms with E-state index < -0.39 is 6.04 Å². The van der Waals surface area contributed by atoms with Crippen molar-refractivity contribution in [2.75, 3.05) is 12.4 Å². The van der Waals surface area contributed by atoms with Gasteiger partial charge in [0, 0.05) is 10.7 Å². The average Bonchev–Trinajstić information content (AvgIpc) is 3.34. The van der Waals surface area contributed by atoms with Crippen LogP contribution in [0.2, 0.25) is 5.02 Å². The Kier molecular flexibility index (Phi) is 8.45. The van der Waals surface area contributed by atoms with Gasteiger partial charge in [0.1, 0.15) is 18.1 Å². The van der Waals surface area contributed by atoms with Gasteiger partial charge in [-0.1, -0.05) is 77.5 Å². The Morgan fingerprint density at radius 1 is 0.977 bits per heavy atom. The van der Waals surface area contributed by atoms with Crippen LogP contribution in [-0.4, -0.2) is 17.6 Å². The van der Waals surface area contributed by atoms with Gasteiger partial charge in [0.15, 0.2) is 4.80 Å². The highest BCUT2D eigenvalue weighted by molar-refractivity contribution is 7.07. The number of benzene rings is 4. The number of anilines is 1. The van der Waals surface area contributed by atoms with E-state index in [1.54, 1.807) is 18.6 Å². The van der Waals surface area contributed by atoms with Crippen molar-refractivity contribution < 1.29 is 14.3 Å². The maximum absolute atomic E-state index is 14.0. The van der Waals surface area contributed by atoms with Crippen molar-refractivity contribution in [3.63, 3.8) is 0 Å². The van der Waals surface area contributed by atoms with Crippen molar-refractivity contribution in [2.45, 2.75) is 19.6 Å². The molecule has 1 aliphatic rings. The number of aromatic nitrogens is 1. The monoisotopic (exact) mass is 621 g/mol. The van der Waals surface area contributed by atoms with Crippen LogP contribution in [0.25, 0.3) is 6.08 Å². The summed E-state index contributed by atoms with van der Waals surface area (Å²) in [6, 6.07) is 31.0. The molecule has 1 atom stereocenters. The van der Waals surface area contributed by atoms with Crippen molar-refractivity contribution in [2.24, 2.45) is 4.99 Å². The minimum Gasteiger partial charge on any atom is -0.497 e. The van der Waals surface area contributed by atoms with Gasteiger partial charge in [0.25, 0.3) is 11.5 Å². The number of hydrogen-bond donors (Lipinski definition) is 1. The lowest BCUT2D eigenvalue weighted by molar-refractivity contribution is -0.113. The van der Waals surface area contributed by atoms with E-state index in [4.69, 9.17) is 26.1 Å². The number of allylic oxidation sites excluding steroid dienone is 1. The SMILES string of the molecule is COc1ccc([C@H]2C(C(=O)Nc3ccccc3)=C(C)N=c3s/c(=C/c4ccc(OCc5cccc(Cl)c5)cc4)c(=O)n32)cc1. The van der Waals surface area contributed by atoms with Crippen molar-refractivity contribution in [3.05, 3.63) is 156 Å². The number of amides is 1. The van der Waals surface area contributed by atoms with Crippen molar-refractivity contribution >= 4 is 40.6 Å². The van der Waals surface area contributed by atoms with Crippen molar-refractivity contribution in [1.82, 2.24) is 4.57 Å². The number of carbonyl (C=O) groups excluding carboxylic acids is 1. The summed E-state index contributed by atoms with van der Waals surface area (Å²) in [5, 5.41) is 3.63. The lowest BCUT2D eigenvalue weighted by Gasteiger charge is -2.25. The number of nitrogens with zero attached hydrogens (tertiary/aromatic N) is 2. The number of halogens is 1. The van der Waals surface area contributed by atoms with Gasteiger partial charge in [-0.2, -0.15) is 0 Å². The highest BCUT2D eigenvalue weighted by Gasteiger charge is 2.32. The summed E-state index contributed by atoms with van der Waals surface area (Å²) in [6.45, 7) is 2.19. The number of rotatable bonds is 8. The van der Waals surface area contributed by atoms with Gasteiger partial charge in [-0.3, -0.25) is 14.2 Å². The molecule has 0 bridgehead atoms. The molecular weight excluding hydrogens is 594 g/mol. The zero-order valence-electron chi connectivity index (χ0n) is 24.0. The minimum absolute atomic E-state index is 0.228. The maximum Gasteiger partial charge on any atom is 0.271 e. The second-order valence-corrected chi connectivity index (χ2v) is 11.6. The number of nitrogens with one attached hydrogen (secondary N) is 1. The number of thiazole rings is 1. The molecule has 44 heavy (non-hydrogen) atoms. The largest absolute Gasteiger partial charge is 0.497 e. The summed E-state index contributed by atoms with van der Waals surface area (Å²) in [7, 11) is 1.60. The molecular formula is C35H28ClN3O4S. The predicted octanol–water partition coefficient (Wildman–Crippen LogP) is 6.11. The van der Waals surface area contributed by atoms with E-state index in [1.165, 1.54) is 11.3 Å². The fourth-order valence-electron chi connectivity index (χ4n) is 5.04. The lowest BCUT2D eigenvalue weighted by Crippen LogP contribution is -2.40. The smallest absolute Gasteiger partial charge is 0.271 e. The van der Waals surface area contributed by atoms with Crippen LogP contribution in [0.5, 0.6) is 11.5 Å². The van der Waals surface area contributed by atoms with Gasteiger partial charge in [0.05, 0.1) is 29.0 Å². The molecule has 0 fully saturated rings. The van der Waals surface area contributed by atoms with E-state index in [9.17, 15) is 9.59 Å². The van der Waals surface area contributed by atoms with Gasteiger partial charge in [-0.15, -0.1) is 0 Å². The normalized spacial score (nSPS) is 14.5. The quantitative estimate of drug-likeness (QED) is 0.227. The van der Waals surface area contributed by atoms with Crippen LogP contribution in [0.15, 0.2) is 124 Å². The molecule has 220 valence electrons. The summed E-state index contributed by atoms with van der Waals surface area (Å²) < 4.78 is 13.4. The van der Waals surface area contributed by atoms with Crippen LogP contribution < -0.4 is 29.7 Å². The third kappa shape index (κ3) is 6.22. The molecule has 0 spiro atoms. The first-order valence-electron chi connectivity index (χ1n) is 13.9. The topological polar surface area (TPSA) is 81.9 Å². The number of hydrogen-bond acceptors (Lipinski definition) is 6. The van der Waals surface area contributed by atoms with E-state index in [0.717, 1.165) is 16.7 Å². The first kappa shape index (κ1) is 29.2. The minimum atomic E-state index is -0.676. The zero-order valence-corrected chi connectivity index (χ0v) is 25.6. The van der Waals surface area contributed by atoms with Crippen LogP contribution in [0, 0.1) is 0 Å². The average molecular weight is 622 g/mol. The molecule has 1 amide bonds. The summed E-state index contributed by atoms with van der Waals surface area (Å²) in [5.41, 5.74) is 3.96. The molecule has 5 aromatic rings. The molecule has 0 unspecified atom stereocenters. The molecule has 1 N–H and O–H groups in total. The molecule has 0 saturated heterocycles. The Hall–Kier alpha value is -4.92. The molecule has 6 rings (SSSR count). The van der Waals surface area contributed by atoms with Gasteiger partial charge >= 0.3 is 0 Å². The van der Waals surface area contributed by atoms with Gasteiger partial charge < -0.3 is 14.8 Å². The van der Waals surface area contributed by atoms with Crippen LogP contribution in [-0.2, 0) is 11.4 Å². The van der Waals surface area contributed by atoms with E-state index in [1.807, 2.05) is 109 Å². The third-order valence-electron chi connectivity index (χ3n) is 7.20. The van der Waals surface area contributed by atoms with Crippen molar-refractivity contribution in [3.8, 4) is 11.5 Å². The molecule has 0 saturated carbocycles. The Bertz CT molecular complexity index is 2030. The lowest BCUT2D eigenvalue weighted by atomic mass is 9.95. The van der Waals surface area contributed by atoms with Crippen LogP contribution in [0.4, 0.5) is 5.69 Å². The van der Waals surface area contributed by atoms with Crippen molar-refractivity contribution in [1.29, 1.82) is 0 Å². The highest BCUT2D eigenvalue weighted by atomic mass is 35.5. The molecule has 7 nitrogen and oxygen atoms in total. The molecule has 1 aliphatic heterocycles. The van der Waals surface area contributed by atoms with Crippen LogP contribution in [0.1, 0.15) is 29.7 Å². The molecule has 0 radical (unpaired) electrons. The summed E-state index contributed by atoms with van der Waals surface area (Å²) in [6.07, 6.45) is 1.83. The Morgan fingerprint density at radius 3 is 2.41 bits per heavy atom. The molecule has 4 aromatic carbocycles. The van der Waals surface area contributed by atoms with Gasteiger partial charge in [-0.25, -0.2) is 4.99 Å². The fourth-order valence-corrected chi connectivity index (χ4v) is 6.30. The molecule has 0 aliphatic carbocycles. The number of para-hydroxylation sites is 1. The first-order valence-corrected chi connectivity index (χ1v) is 15.1. The molecule has 2 heterocycles. The summed E-state index contributed by atoms with van der Waals surface area (Å²) >= 11 is 7.37. The Labute approximate surface area is 263 Å². The Morgan fingerprint density at radius 2 is 1.70 bits per heavy atom. The summed E-state index contributed by atoms with van der Waals surface area (Å²) in [5.74, 6) is 1.06. The highest BCUT2D eigenvalue weighted by Crippen LogP contribution is 2.31. The predicted molar refractivity (Wildman–Crippen MR) is 174 cm³/mol. The second-order valence-electron chi connectivity index (χ2n) is 10.2. The summed E-state index contributed by atoms with van der Waals surface area (Å²) in [4.78, 5) is 32.9. The van der Waals surface area contributed by atoms with Gasteiger partial charge in [0.2, 0.25) is 0 Å². The third-order valence-corrected chi connectivity index (χ3v) is 8.42. The Balaban J connectivity index is 1.34. The molecule has 1 aromatic heterocycles. The number of carbonyl (C=O) groups is 1. The van der Waals surface area contributed by atoms with Crippen LogP contribution >= 0.6 is 22.9 Å². The first-order chi connectivity index (χ1) is 21.4. The fraction of sp³-hybridized carbons (Fsp3) is 0.114. The maximum atomic E-state index is 14.0. The van der Waals surface area contributed by atoms with E-state index in [-0.39, 0.29) is 11.5 Å². The van der Waals surface area contributed by atoms with Crippen LogP contribution in [0.3, 0.4) is 0 Å². The zero-order chi connectivity index (χ0) is 30.6. The second kappa shape index (κ2) is 12.8. The van der Waals surface area contributed by atoms with E-state index in [0.29, 0.717) is 49.4 Å². The number of methoxy groups -OCH3 is 1. The van der Waals surface area contributed by atoms with Gasteiger partial charge in [-0.05, 0) is 78.2 Å². The van der Waals surface area contributed by atoms with E-state index >= 15 is 0 Å².